The molecule has 0 atom stereocenters. The normalized spacial score (nSPS) is 11.2. The fraction of sp³-hybridized carbons (Fsp3) is 0.385. The molecule has 18 heavy (non-hydrogen) atoms. The summed E-state index contributed by atoms with van der Waals surface area (Å²) >= 11 is 6.23. The molecule has 0 aliphatic rings. The second-order valence-corrected chi connectivity index (χ2v) is 5.06. The van der Waals surface area contributed by atoms with Crippen LogP contribution in [0.3, 0.4) is 0 Å². The molecule has 1 aromatic carbocycles. The van der Waals surface area contributed by atoms with Gasteiger partial charge in [0.05, 0.1) is 17.4 Å². The number of fused-ring (bicyclic) bond motifs is 1. The lowest BCUT2D eigenvalue weighted by Crippen LogP contribution is -2.27. The topological polar surface area (TPSA) is 57.8 Å². The predicted octanol–water partition coefficient (Wildman–Crippen LogP) is 2.80. The van der Waals surface area contributed by atoms with Crippen LogP contribution in [-0.4, -0.2) is 15.9 Å². The third-order valence-corrected chi connectivity index (χ3v) is 3.25. The zero-order valence-electron chi connectivity index (χ0n) is 10.7. The molecule has 2 rings (SSSR count). The Hall–Kier alpha value is -1.55. The predicted molar refractivity (Wildman–Crippen MR) is 72.5 cm³/mol. The highest BCUT2D eigenvalue weighted by atomic mass is 35.5. The van der Waals surface area contributed by atoms with Crippen LogP contribution in [0.15, 0.2) is 12.4 Å². The van der Waals surface area contributed by atoms with Gasteiger partial charge in [-0.3, -0.25) is 4.79 Å². The fourth-order valence-corrected chi connectivity index (χ4v) is 2.17. The van der Waals surface area contributed by atoms with Crippen molar-refractivity contribution in [1.82, 2.24) is 15.3 Å². The molecule has 1 aromatic heterocycles. The van der Waals surface area contributed by atoms with Crippen molar-refractivity contribution < 1.29 is 4.79 Å². The summed E-state index contributed by atoms with van der Waals surface area (Å²) in [5.74, 6) is -0.0224. The molecule has 0 fully saturated rings. The summed E-state index contributed by atoms with van der Waals surface area (Å²) in [7, 11) is 0. The van der Waals surface area contributed by atoms with Crippen LogP contribution in [0.2, 0.25) is 5.02 Å². The summed E-state index contributed by atoms with van der Waals surface area (Å²) in [5, 5.41) is 3.52. The fourth-order valence-electron chi connectivity index (χ4n) is 1.84. The average molecular weight is 266 g/mol. The number of imidazole rings is 1. The van der Waals surface area contributed by atoms with E-state index in [1.165, 1.54) is 0 Å². The van der Waals surface area contributed by atoms with Gasteiger partial charge in [-0.05, 0) is 18.6 Å². The molecule has 2 aromatic rings. The Balaban J connectivity index is 2.33. The Morgan fingerprint density at radius 3 is 2.94 bits per heavy atom. The Bertz CT molecular complexity index is 589. The number of halogens is 1. The molecule has 0 spiro atoms. The Morgan fingerprint density at radius 2 is 2.28 bits per heavy atom. The number of rotatable bonds is 3. The Kier molecular flexibility index (Phi) is 3.57. The molecule has 0 aliphatic carbocycles. The number of aryl methyl sites for hydroxylation is 1. The number of benzene rings is 1. The van der Waals surface area contributed by atoms with Gasteiger partial charge in [-0.15, -0.1) is 0 Å². The summed E-state index contributed by atoms with van der Waals surface area (Å²) in [6.07, 6.45) is 1.64. The monoisotopic (exact) mass is 265 g/mol. The molecular weight excluding hydrogens is 250 g/mol. The SMILES string of the molecule is Cc1cc(Cl)c(CNC(=O)C(C)C)c2[nH]cnc12. The molecule has 0 saturated heterocycles. The number of H-pyrrole nitrogens is 1. The van der Waals surface area contributed by atoms with E-state index >= 15 is 0 Å². The van der Waals surface area contributed by atoms with Crippen molar-refractivity contribution in [2.45, 2.75) is 27.3 Å². The van der Waals surface area contributed by atoms with Crippen LogP contribution in [0.25, 0.3) is 11.0 Å². The second-order valence-electron chi connectivity index (χ2n) is 4.65. The number of hydrogen-bond acceptors (Lipinski definition) is 2. The average Bonchev–Trinajstić information content (AvgIpc) is 2.77. The van der Waals surface area contributed by atoms with Gasteiger partial charge in [0.2, 0.25) is 5.91 Å². The summed E-state index contributed by atoms with van der Waals surface area (Å²) < 4.78 is 0. The van der Waals surface area contributed by atoms with E-state index in [1.54, 1.807) is 6.33 Å². The van der Waals surface area contributed by atoms with Gasteiger partial charge in [0.15, 0.2) is 0 Å². The van der Waals surface area contributed by atoms with Gasteiger partial charge >= 0.3 is 0 Å². The molecule has 2 N–H and O–H groups in total. The largest absolute Gasteiger partial charge is 0.352 e. The minimum absolute atomic E-state index is 0.0132. The maximum atomic E-state index is 11.6. The number of aromatic nitrogens is 2. The third kappa shape index (κ3) is 2.34. The first-order valence-electron chi connectivity index (χ1n) is 5.89. The molecule has 0 saturated carbocycles. The van der Waals surface area contributed by atoms with E-state index in [1.807, 2.05) is 26.8 Å². The van der Waals surface area contributed by atoms with Crippen LogP contribution in [0.4, 0.5) is 0 Å². The van der Waals surface area contributed by atoms with Crippen molar-refractivity contribution in [2.75, 3.05) is 0 Å². The standard InChI is InChI=1S/C13H16ClN3O/c1-7(2)13(18)15-5-9-10(14)4-8(3)11-12(9)17-6-16-11/h4,6-7H,5H2,1-3H3,(H,15,18)(H,16,17). The van der Waals surface area contributed by atoms with Crippen LogP contribution in [-0.2, 0) is 11.3 Å². The van der Waals surface area contributed by atoms with Gasteiger partial charge in [0.25, 0.3) is 0 Å². The molecule has 0 bridgehead atoms. The van der Waals surface area contributed by atoms with Crippen LogP contribution >= 0.6 is 11.6 Å². The lowest BCUT2D eigenvalue weighted by Gasteiger charge is -2.10. The van der Waals surface area contributed by atoms with Crippen LogP contribution in [0.5, 0.6) is 0 Å². The van der Waals surface area contributed by atoms with Crippen LogP contribution < -0.4 is 5.32 Å². The maximum Gasteiger partial charge on any atom is 0.222 e. The first-order valence-corrected chi connectivity index (χ1v) is 6.27. The summed E-state index contributed by atoms with van der Waals surface area (Å²) in [6.45, 7) is 6.09. The number of aromatic amines is 1. The lowest BCUT2D eigenvalue weighted by molar-refractivity contribution is -0.124. The minimum Gasteiger partial charge on any atom is -0.352 e. The number of hydrogen-bond donors (Lipinski definition) is 2. The van der Waals surface area contributed by atoms with E-state index < -0.39 is 0 Å². The highest BCUT2D eigenvalue weighted by Gasteiger charge is 2.13. The summed E-state index contributed by atoms with van der Waals surface area (Å²) in [6, 6.07) is 1.88. The van der Waals surface area contributed by atoms with Crippen molar-refractivity contribution in [3.05, 3.63) is 28.5 Å². The van der Waals surface area contributed by atoms with Crippen molar-refractivity contribution in [2.24, 2.45) is 5.92 Å². The molecule has 1 amide bonds. The van der Waals surface area contributed by atoms with Crippen molar-refractivity contribution in [1.29, 1.82) is 0 Å². The van der Waals surface area contributed by atoms with E-state index in [9.17, 15) is 4.79 Å². The molecule has 4 nitrogen and oxygen atoms in total. The van der Waals surface area contributed by atoms with Gasteiger partial charge in [-0.25, -0.2) is 4.98 Å². The molecule has 0 unspecified atom stereocenters. The summed E-state index contributed by atoms with van der Waals surface area (Å²) in [4.78, 5) is 18.9. The van der Waals surface area contributed by atoms with E-state index in [4.69, 9.17) is 11.6 Å². The highest BCUT2D eigenvalue weighted by molar-refractivity contribution is 6.32. The van der Waals surface area contributed by atoms with E-state index in [2.05, 4.69) is 15.3 Å². The number of amides is 1. The van der Waals surface area contributed by atoms with Gasteiger partial charge < -0.3 is 10.3 Å². The van der Waals surface area contributed by atoms with E-state index in [0.717, 1.165) is 22.2 Å². The molecule has 1 heterocycles. The zero-order valence-corrected chi connectivity index (χ0v) is 11.4. The second kappa shape index (κ2) is 4.98. The number of nitrogens with zero attached hydrogens (tertiary/aromatic N) is 1. The smallest absolute Gasteiger partial charge is 0.222 e. The van der Waals surface area contributed by atoms with E-state index in [0.29, 0.717) is 11.6 Å². The highest BCUT2D eigenvalue weighted by Crippen LogP contribution is 2.26. The number of nitrogens with one attached hydrogen (secondary N) is 2. The molecule has 0 aliphatic heterocycles. The van der Waals surface area contributed by atoms with Gasteiger partial charge in [-0.2, -0.15) is 0 Å². The molecular formula is C13H16ClN3O. The molecule has 0 radical (unpaired) electrons. The molecule has 5 heteroatoms. The summed E-state index contributed by atoms with van der Waals surface area (Å²) in [5.41, 5.74) is 3.69. The van der Waals surface area contributed by atoms with Crippen LogP contribution in [0, 0.1) is 12.8 Å². The first kappa shape index (κ1) is 12.9. The Labute approximate surface area is 111 Å². The minimum atomic E-state index is -0.0357. The van der Waals surface area contributed by atoms with E-state index in [-0.39, 0.29) is 11.8 Å². The molecule has 96 valence electrons. The third-order valence-electron chi connectivity index (χ3n) is 2.91. The number of carbonyl (C=O) groups excluding carboxylic acids is 1. The number of carbonyl (C=O) groups is 1. The Morgan fingerprint density at radius 1 is 1.56 bits per heavy atom. The lowest BCUT2D eigenvalue weighted by atomic mass is 10.1. The van der Waals surface area contributed by atoms with Crippen molar-refractivity contribution >= 4 is 28.5 Å². The maximum absolute atomic E-state index is 11.6. The van der Waals surface area contributed by atoms with Gasteiger partial charge in [-0.1, -0.05) is 25.4 Å². The first-order chi connectivity index (χ1) is 8.50. The van der Waals surface area contributed by atoms with Crippen molar-refractivity contribution in [3.63, 3.8) is 0 Å². The van der Waals surface area contributed by atoms with Crippen LogP contribution in [0.1, 0.15) is 25.0 Å². The van der Waals surface area contributed by atoms with Gasteiger partial charge in [0, 0.05) is 23.0 Å². The quantitative estimate of drug-likeness (QED) is 0.897. The van der Waals surface area contributed by atoms with Gasteiger partial charge in [0.1, 0.15) is 0 Å². The van der Waals surface area contributed by atoms with Crippen molar-refractivity contribution in [3.8, 4) is 0 Å². The zero-order chi connectivity index (χ0) is 13.3.